The van der Waals surface area contributed by atoms with Crippen LogP contribution in [0.25, 0.3) is 0 Å². The van der Waals surface area contributed by atoms with Gasteiger partial charge in [-0.15, -0.1) is 0 Å². The number of hydrogen-bond acceptors (Lipinski definition) is 3. The van der Waals surface area contributed by atoms with Crippen LogP contribution < -0.4 is 15.4 Å². The number of guanidine groups is 1. The molecule has 0 aliphatic heterocycles. The Morgan fingerprint density at radius 2 is 1.90 bits per heavy atom. The molecule has 6 nitrogen and oxygen atoms in total. The van der Waals surface area contributed by atoms with Crippen LogP contribution >= 0.6 is 0 Å². The van der Waals surface area contributed by atoms with Crippen molar-refractivity contribution in [3.63, 3.8) is 0 Å². The number of aryl methyl sites for hydroxylation is 1. The molecule has 0 fully saturated rings. The molecule has 3 rings (SSSR count). The van der Waals surface area contributed by atoms with Crippen molar-refractivity contribution < 1.29 is 4.74 Å². The minimum absolute atomic E-state index is 0.578. The highest BCUT2D eigenvalue weighted by atomic mass is 16.5. The summed E-state index contributed by atoms with van der Waals surface area (Å²) in [4.78, 5) is 8.99. The van der Waals surface area contributed by atoms with Gasteiger partial charge < -0.3 is 19.9 Å². The lowest BCUT2D eigenvalue weighted by atomic mass is 10.1. The topological polar surface area (TPSA) is 63.5 Å². The smallest absolute Gasteiger partial charge is 0.191 e. The van der Waals surface area contributed by atoms with E-state index in [0.717, 1.165) is 30.6 Å². The van der Waals surface area contributed by atoms with Crippen molar-refractivity contribution in [1.82, 2.24) is 20.2 Å². The summed E-state index contributed by atoms with van der Waals surface area (Å²) in [5, 5.41) is 6.60. The molecule has 0 bridgehead atoms. The fourth-order valence-corrected chi connectivity index (χ4v) is 2.96. The molecule has 0 atom stereocenters. The molecule has 0 aliphatic carbocycles. The predicted molar refractivity (Wildman–Crippen MR) is 117 cm³/mol. The summed E-state index contributed by atoms with van der Waals surface area (Å²) in [6, 6.07) is 18.4. The van der Waals surface area contributed by atoms with Crippen LogP contribution in [0.1, 0.15) is 23.9 Å². The average molecular weight is 392 g/mol. The van der Waals surface area contributed by atoms with Crippen LogP contribution in [0.15, 0.2) is 72.0 Å². The summed E-state index contributed by atoms with van der Waals surface area (Å²) in [7, 11) is 0. The fourth-order valence-electron chi connectivity index (χ4n) is 2.96. The van der Waals surface area contributed by atoms with Gasteiger partial charge >= 0.3 is 0 Å². The number of nitrogens with one attached hydrogen (secondary N) is 2. The molecule has 0 saturated heterocycles. The molecule has 0 aliphatic rings. The number of para-hydroxylation sites is 1. The number of hydrogen-bond donors (Lipinski definition) is 2. The van der Waals surface area contributed by atoms with E-state index in [1.54, 1.807) is 0 Å². The Bertz CT molecular complexity index is 904. The zero-order chi connectivity index (χ0) is 20.3. The summed E-state index contributed by atoms with van der Waals surface area (Å²) < 4.78 is 7.86. The van der Waals surface area contributed by atoms with Gasteiger partial charge in [0.1, 0.15) is 18.2 Å². The second kappa shape index (κ2) is 10.9. The van der Waals surface area contributed by atoms with Crippen molar-refractivity contribution in [2.75, 3.05) is 19.7 Å². The molecule has 29 heavy (non-hydrogen) atoms. The molecule has 0 saturated carbocycles. The first kappa shape index (κ1) is 20.5. The van der Waals surface area contributed by atoms with E-state index in [2.05, 4.69) is 51.4 Å². The van der Waals surface area contributed by atoms with E-state index >= 15 is 0 Å². The summed E-state index contributed by atoms with van der Waals surface area (Å²) in [6.45, 7) is 7.58. The second-order valence-electron chi connectivity index (χ2n) is 6.71. The largest absolute Gasteiger partial charge is 0.492 e. The van der Waals surface area contributed by atoms with Gasteiger partial charge in [-0.25, -0.2) is 9.98 Å². The minimum Gasteiger partial charge on any atom is -0.492 e. The Balaban J connectivity index is 1.52. The molecule has 0 radical (unpaired) electrons. The van der Waals surface area contributed by atoms with Crippen molar-refractivity contribution in [2.45, 2.75) is 26.9 Å². The molecule has 2 N–H and O–H groups in total. The van der Waals surface area contributed by atoms with E-state index in [1.165, 1.54) is 11.1 Å². The van der Waals surface area contributed by atoms with E-state index in [1.807, 2.05) is 49.6 Å². The van der Waals surface area contributed by atoms with Crippen molar-refractivity contribution in [2.24, 2.45) is 4.99 Å². The standard InChI is InChI=1S/C23H29N5O/c1-3-24-23(26-13-15-29-22-10-5-4-6-11-22)27-17-20-8-7-9-21(16-20)18-28-14-12-25-19(28)2/h4-12,14,16H,3,13,15,17-18H2,1-2H3,(H2,24,26,27). The number of benzene rings is 2. The molecule has 6 heteroatoms. The van der Waals surface area contributed by atoms with Crippen LogP contribution in [0.3, 0.4) is 0 Å². The molecule has 0 spiro atoms. The highest BCUT2D eigenvalue weighted by Crippen LogP contribution is 2.10. The summed E-state index contributed by atoms with van der Waals surface area (Å²) in [6.07, 6.45) is 3.84. The first-order valence-electron chi connectivity index (χ1n) is 10.00. The van der Waals surface area contributed by atoms with Gasteiger partial charge in [0, 0.05) is 25.5 Å². The van der Waals surface area contributed by atoms with Gasteiger partial charge in [0.2, 0.25) is 0 Å². The van der Waals surface area contributed by atoms with Crippen LogP contribution in [-0.4, -0.2) is 35.2 Å². The van der Waals surface area contributed by atoms with Gasteiger partial charge in [0.05, 0.1) is 13.1 Å². The zero-order valence-electron chi connectivity index (χ0n) is 17.1. The Morgan fingerprint density at radius 1 is 1.07 bits per heavy atom. The van der Waals surface area contributed by atoms with Crippen LogP contribution in [0.5, 0.6) is 5.75 Å². The van der Waals surface area contributed by atoms with Crippen LogP contribution in [0.2, 0.25) is 0 Å². The quantitative estimate of drug-likeness (QED) is 0.333. The highest BCUT2D eigenvalue weighted by molar-refractivity contribution is 5.79. The molecule has 3 aromatic rings. The molecule has 0 unspecified atom stereocenters. The lowest BCUT2D eigenvalue weighted by Gasteiger charge is -2.12. The van der Waals surface area contributed by atoms with E-state index < -0.39 is 0 Å². The molecule has 2 aromatic carbocycles. The van der Waals surface area contributed by atoms with Gasteiger partial charge in [0.25, 0.3) is 0 Å². The Labute approximate surface area is 172 Å². The first-order chi connectivity index (χ1) is 14.2. The van der Waals surface area contributed by atoms with Gasteiger partial charge in [-0.1, -0.05) is 42.5 Å². The van der Waals surface area contributed by atoms with Crippen LogP contribution in [0, 0.1) is 6.92 Å². The van der Waals surface area contributed by atoms with Crippen molar-refractivity contribution in [1.29, 1.82) is 0 Å². The first-order valence-corrected chi connectivity index (χ1v) is 10.00. The minimum atomic E-state index is 0.578. The van der Waals surface area contributed by atoms with Gasteiger partial charge in [-0.2, -0.15) is 0 Å². The molecule has 1 aromatic heterocycles. The number of ether oxygens (including phenoxy) is 1. The lowest BCUT2D eigenvalue weighted by Crippen LogP contribution is -2.39. The maximum absolute atomic E-state index is 5.72. The fraction of sp³-hybridized carbons (Fsp3) is 0.304. The Kier molecular flexibility index (Phi) is 7.69. The zero-order valence-corrected chi connectivity index (χ0v) is 17.1. The molecule has 1 heterocycles. The molecule has 0 amide bonds. The normalized spacial score (nSPS) is 11.3. The number of rotatable bonds is 9. The Hall–Kier alpha value is -3.28. The maximum atomic E-state index is 5.72. The van der Waals surface area contributed by atoms with Crippen molar-refractivity contribution in [3.05, 3.63) is 83.9 Å². The van der Waals surface area contributed by atoms with E-state index in [-0.39, 0.29) is 0 Å². The summed E-state index contributed by atoms with van der Waals surface area (Å²) >= 11 is 0. The molecular weight excluding hydrogens is 362 g/mol. The van der Waals surface area contributed by atoms with Crippen molar-refractivity contribution in [3.8, 4) is 5.75 Å². The number of aromatic nitrogens is 2. The maximum Gasteiger partial charge on any atom is 0.191 e. The van der Waals surface area contributed by atoms with Gasteiger partial charge in [0.15, 0.2) is 5.96 Å². The van der Waals surface area contributed by atoms with E-state index in [4.69, 9.17) is 9.73 Å². The summed E-state index contributed by atoms with van der Waals surface area (Å²) in [5.74, 6) is 2.69. The monoisotopic (exact) mass is 391 g/mol. The SMILES string of the molecule is CCNC(=NCc1cccc(Cn2ccnc2C)c1)NCCOc1ccccc1. The third-order valence-corrected chi connectivity index (χ3v) is 4.44. The lowest BCUT2D eigenvalue weighted by molar-refractivity contribution is 0.322. The average Bonchev–Trinajstić information content (AvgIpc) is 3.15. The number of aliphatic imine (C=N–C) groups is 1. The third kappa shape index (κ3) is 6.68. The van der Waals surface area contributed by atoms with Gasteiger partial charge in [-0.05, 0) is 37.1 Å². The van der Waals surface area contributed by atoms with Crippen molar-refractivity contribution >= 4 is 5.96 Å². The number of imidazole rings is 1. The molecular formula is C23H29N5O. The number of nitrogens with zero attached hydrogens (tertiary/aromatic N) is 3. The van der Waals surface area contributed by atoms with E-state index in [9.17, 15) is 0 Å². The van der Waals surface area contributed by atoms with E-state index in [0.29, 0.717) is 19.7 Å². The van der Waals surface area contributed by atoms with Crippen LogP contribution in [0.4, 0.5) is 0 Å². The third-order valence-electron chi connectivity index (χ3n) is 4.44. The van der Waals surface area contributed by atoms with Gasteiger partial charge in [-0.3, -0.25) is 0 Å². The predicted octanol–water partition coefficient (Wildman–Crippen LogP) is 3.37. The highest BCUT2D eigenvalue weighted by Gasteiger charge is 2.02. The van der Waals surface area contributed by atoms with Crippen LogP contribution in [-0.2, 0) is 13.1 Å². The summed E-state index contributed by atoms with van der Waals surface area (Å²) in [5.41, 5.74) is 2.42. The molecule has 152 valence electrons. The Morgan fingerprint density at radius 3 is 2.66 bits per heavy atom. The second-order valence-corrected chi connectivity index (χ2v) is 6.71.